The minimum atomic E-state index is -0.608. The van der Waals surface area contributed by atoms with Crippen molar-refractivity contribution in [2.24, 2.45) is 5.73 Å². The highest BCUT2D eigenvalue weighted by atomic mass is 32.2. The topological polar surface area (TPSA) is 81.4 Å². The molecule has 0 fully saturated rings. The van der Waals surface area contributed by atoms with Crippen molar-refractivity contribution in [3.63, 3.8) is 0 Å². The largest absolute Gasteiger partial charge is 0.468 e. The van der Waals surface area contributed by atoms with Crippen LogP contribution in [0.15, 0.2) is 30.3 Å². The molecule has 1 amide bonds. The number of rotatable bonds is 9. The first-order chi connectivity index (χ1) is 10.1. The normalized spacial score (nSPS) is 11.7. The van der Waals surface area contributed by atoms with Crippen LogP contribution >= 0.6 is 11.8 Å². The van der Waals surface area contributed by atoms with E-state index in [0.717, 1.165) is 6.42 Å². The van der Waals surface area contributed by atoms with Crippen molar-refractivity contribution in [2.45, 2.75) is 18.9 Å². The summed E-state index contributed by atoms with van der Waals surface area (Å²) in [6.07, 6.45) is 1.33. The van der Waals surface area contributed by atoms with E-state index in [0.29, 0.717) is 24.5 Å². The van der Waals surface area contributed by atoms with Crippen LogP contribution in [0.25, 0.3) is 0 Å². The maximum absolute atomic E-state index is 11.6. The van der Waals surface area contributed by atoms with Gasteiger partial charge in [0.25, 0.3) is 0 Å². The third kappa shape index (κ3) is 7.72. The van der Waals surface area contributed by atoms with E-state index >= 15 is 0 Å². The molecule has 1 aromatic carbocycles. The summed E-state index contributed by atoms with van der Waals surface area (Å²) in [6, 6.07) is 9.40. The Labute approximate surface area is 129 Å². The molecule has 21 heavy (non-hydrogen) atoms. The molecule has 0 bridgehead atoms. The Hall–Kier alpha value is -1.53. The average Bonchev–Trinajstić information content (AvgIpc) is 2.51. The number of benzene rings is 1. The van der Waals surface area contributed by atoms with E-state index in [9.17, 15) is 9.59 Å². The number of thioether (sulfide) groups is 1. The smallest absolute Gasteiger partial charge is 0.322 e. The molecule has 0 heterocycles. The van der Waals surface area contributed by atoms with E-state index in [2.05, 4.69) is 10.1 Å². The molecular weight excluding hydrogens is 288 g/mol. The molecule has 0 aliphatic carbocycles. The maximum atomic E-state index is 11.6. The maximum Gasteiger partial charge on any atom is 0.322 e. The minimum absolute atomic E-state index is 0.00238. The zero-order chi connectivity index (χ0) is 15.5. The van der Waals surface area contributed by atoms with Gasteiger partial charge in [-0.05, 0) is 24.2 Å². The number of amides is 1. The number of hydrogen-bond acceptors (Lipinski definition) is 5. The lowest BCUT2D eigenvalue weighted by atomic mass is 10.1. The zero-order valence-corrected chi connectivity index (χ0v) is 13.0. The van der Waals surface area contributed by atoms with Gasteiger partial charge in [-0.25, -0.2) is 0 Å². The van der Waals surface area contributed by atoms with Crippen molar-refractivity contribution in [3.8, 4) is 0 Å². The van der Waals surface area contributed by atoms with Gasteiger partial charge in [0, 0.05) is 6.54 Å². The van der Waals surface area contributed by atoms with Gasteiger partial charge < -0.3 is 15.8 Å². The van der Waals surface area contributed by atoms with Crippen molar-refractivity contribution in [2.75, 3.05) is 25.2 Å². The van der Waals surface area contributed by atoms with Gasteiger partial charge in [0.05, 0.1) is 12.9 Å². The van der Waals surface area contributed by atoms with Gasteiger partial charge in [0.1, 0.15) is 6.04 Å². The van der Waals surface area contributed by atoms with Crippen molar-refractivity contribution < 1.29 is 14.3 Å². The fraction of sp³-hybridized carbons (Fsp3) is 0.467. The van der Waals surface area contributed by atoms with E-state index in [1.807, 2.05) is 30.3 Å². The van der Waals surface area contributed by atoms with Crippen LogP contribution in [0.3, 0.4) is 0 Å². The Bertz CT molecular complexity index is 440. The second kappa shape index (κ2) is 10.2. The number of carbonyl (C=O) groups excluding carboxylic acids is 2. The number of nitrogens with one attached hydrogen (secondary N) is 1. The van der Waals surface area contributed by atoms with E-state index in [4.69, 9.17) is 5.73 Å². The predicted molar refractivity (Wildman–Crippen MR) is 85.1 cm³/mol. The molecule has 116 valence electrons. The molecule has 0 radical (unpaired) electrons. The number of hydrogen-bond donors (Lipinski definition) is 2. The van der Waals surface area contributed by atoms with Gasteiger partial charge in [-0.15, -0.1) is 0 Å². The quantitative estimate of drug-likeness (QED) is 0.525. The van der Waals surface area contributed by atoms with E-state index in [1.165, 1.54) is 24.4 Å². The molecule has 5 nitrogen and oxygen atoms in total. The van der Waals surface area contributed by atoms with Gasteiger partial charge in [-0.3, -0.25) is 9.59 Å². The lowest BCUT2D eigenvalue weighted by Gasteiger charge is -2.08. The van der Waals surface area contributed by atoms with Crippen LogP contribution in [0.4, 0.5) is 0 Å². The molecule has 0 aliphatic rings. The highest BCUT2D eigenvalue weighted by molar-refractivity contribution is 7.99. The molecule has 0 saturated heterocycles. The van der Waals surface area contributed by atoms with Crippen LogP contribution in [0.1, 0.15) is 12.0 Å². The van der Waals surface area contributed by atoms with E-state index in [1.54, 1.807) is 0 Å². The predicted octanol–water partition coefficient (Wildman–Crippen LogP) is 0.969. The van der Waals surface area contributed by atoms with Crippen molar-refractivity contribution in [1.29, 1.82) is 0 Å². The fourth-order valence-corrected chi connectivity index (χ4v) is 2.54. The summed E-state index contributed by atoms with van der Waals surface area (Å²) in [5, 5.41) is 2.87. The standard InChI is InChI=1S/C15H22N2O3S/c1-20-15(19)13(16)8-10-21-11-14(18)17-9-7-12-5-3-2-4-6-12/h2-6,13H,7-11,16H2,1H3,(H,17,18). The molecule has 6 heteroatoms. The number of carbonyl (C=O) groups is 2. The molecule has 1 rings (SSSR count). The summed E-state index contributed by atoms with van der Waals surface area (Å²) in [6.45, 7) is 0.630. The second-order valence-corrected chi connectivity index (χ2v) is 5.66. The molecule has 1 atom stereocenters. The first-order valence-electron chi connectivity index (χ1n) is 6.85. The molecule has 0 aromatic heterocycles. The molecule has 3 N–H and O–H groups in total. The number of nitrogens with two attached hydrogens (primary N) is 1. The minimum Gasteiger partial charge on any atom is -0.468 e. The highest BCUT2D eigenvalue weighted by Crippen LogP contribution is 2.05. The molecular formula is C15H22N2O3S. The van der Waals surface area contributed by atoms with Crippen LogP contribution in [0.2, 0.25) is 0 Å². The summed E-state index contributed by atoms with van der Waals surface area (Å²) in [5.41, 5.74) is 6.80. The lowest BCUT2D eigenvalue weighted by Crippen LogP contribution is -2.32. The summed E-state index contributed by atoms with van der Waals surface area (Å²) in [7, 11) is 1.31. The van der Waals surface area contributed by atoms with Gasteiger partial charge in [0.15, 0.2) is 0 Å². The van der Waals surface area contributed by atoms with Crippen LogP contribution in [0.5, 0.6) is 0 Å². The van der Waals surface area contributed by atoms with Crippen LogP contribution < -0.4 is 11.1 Å². The van der Waals surface area contributed by atoms with E-state index in [-0.39, 0.29) is 5.91 Å². The third-order valence-corrected chi connectivity index (χ3v) is 3.88. The first-order valence-corrected chi connectivity index (χ1v) is 8.00. The average molecular weight is 310 g/mol. The molecule has 0 aliphatic heterocycles. The second-order valence-electron chi connectivity index (χ2n) is 4.56. The zero-order valence-electron chi connectivity index (χ0n) is 12.2. The van der Waals surface area contributed by atoms with Gasteiger partial charge in [0.2, 0.25) is 5.91 Å². The van der Waals surface area contributed by atoms with Crippen molar-refractivity contribution in [3.05, 3.63) is 35.9 Å². The molecule has 1 aromatic rings. The van der Waals surface area contributed by atoms with Gasteiger partial charge >= 0.3 is 5.97 Å². The lowest BCUT2D eigenvalue weighted by molar-refractivity contribution is -0.142. The Balaban J connectivity index is 2.05. The fourth-order valence-electron chi connectivity index (χ4n) is 1.69. The Kier molecular flexibility index (Phi) is 8.54. The Morgan fingerprint density at radius 1 is 1.33 bits per heavy atom. The Morgan fingerprint density at radius 3 is 2.71 bits per heavy atom. The summed E-state index contributed by atoms with van der Waals surface area (Å²) in [5.74, 6) is 0.621. The Morgan fingerprint density at radius 2 is 2.05 bits per heavy atom. The van der Waals surface area contributed by atoms with Gasteiger partial charge in [-0.1, -0.05) is 30.3 Å². The van der Waals surface area contributed by atoms with Crippen LogP contribution in [0, 0.1) is 0 Å². The first kappa shape index (κ1) is 17.5. The van der Waals surface area contributed by atoms with Crippen LogP contribution in [-0.2, 0) is 20.7 Å². The number of ether oxygens (including phenoxy) is 1. The van der Waals surface area contributed by atoms with Crippen molar-refractivity contribution in [1.82, 2.24) is 5.32 Å². The van der Waals surface area contributed by atoms with E-state index < -0.39 is 12.0 Å². The number of methoxy groups -OCH3 is 1. The van der Waals surface area contributed by atoms with Crippen LogP contribution in [-0.4, -0.2) is 43.1 Å². The molecule has 0 saturated carbocycles. The van der Waals surface area contributed by atoms with Gasteiger partial charge in [-0.2, -0.15) is 11.8 Å². The highest BCUT2D eigenvalue weighted by Gasteiger charge is 2.13. The summed E-state index contributed by atoms with van der Waals surface area (Å²) in [4.78, 5) is 22.7. The monoisotopic (exact) mass is 310 g/mol. The molecule has 1 unspecified atom stereocenters. The molecule has 0 spiro atoms. The summed E-state index contributed by atoms with van der Waals surface area (Å²) >= 11 is 1.46. The third-order valence-electron chi connectivity index (χ3n) is 2.89. The number of esters is 1. The summed E-state index contributed by atoms with van der Waals surface area (Å²) < 4.78 is 4.53. The van der Waals surface area contributed by atoms with Crippen molar-refractivity contribution >= 4 is 23.6 Å². The SMILES string of the molecule is COC(=O)C(N)CCSCC(=O)NCCc1ccccc1.